The molecule has 1 aromatic heterocycles. The minimum absolute atomic E-state index is 0.0294. The van der Waals surface area contributed by atoms with Crippen LogP contribution in [0.4, 0.5) is 8.78 Å². The number of carbonyl (C=O) groups excluding carboxylic acids is 1. The molecule has 29 heavy (non-hydrogen) atoms. The standard InChI is InChI=1S/C22H26F2N2O3/c1-22(2,28)15-7-5-14(6-8-15)13-26-20(27)17-4-3-11-25-21(17)29-16-9-10-18(23)19(24)12-16/h3-4,9-12,14-15,28H,5-8,13H2,1-2H3,(H,26,27). The average Bonchev–Trinajstić information content (AvgIpc) is 2.69. The molecule has 1 aliphatic rings. The van der Waals surface area contributed by atoms with Crippen LogP contribution >= 0.6 is 0 Å². The van der Waals surface area contributed by atoms with E-state index in [1.54, 1.807) is 12.1 Å². The van der Waals surface area contributed by atoms with E-state index in [1.807, 2.05) is 13.8 Å². The number of pyridine rings is 1. The summed E-state index contributed by atoms with van der Waals surface area (Å²) in [6.07, 6.45) is 5.22. The van der Waals surface area contributed by atoms with Crippen LogP contribution in [0.2, 0.25) is 0 Å². The Kier molecular flexibility index (Phi) is 6.47. The number of nitrogens with zero attached hydrogens (tertiary/aromatic N) is 1. The van der Waals surface area contributed by atoms with E-state index >= 15 is 0 Å². The van der Waals surface area contributed by atoms with Gasteiger partial charge in [-0.15, -0.1) is 0 Å². The van der Waals surface area contributed by atoms with Gasteiger partial charge in [0.25, 0.3) is 5.91 Å². The predicted octanol–water partition coefficient (Wildman–Crippen LogP) is 4.46. The molecule has 1 aromatic carbocycles. The van der Waals surface area contributed by atoms with Crippen molar-refractivity contribution in [2.24, 2.45) is 11.8 Å². The Morgan fingerprint density at radius 2 is 1.93 bits per heavy atom. The van der Waals surface area contributed by atoms with Crippen molar-refractivity contribution in [3.05, 3.63) is 53.7 Å². The number of aromatic nitrogens is 1. The first-order valence-corrected chi connectivity index (χ1v) is 9.82. The SMILES string of the molecule is CC(C)(O)C1CCC(CNC(=O)c2cccnc2Oc2ccc(F)c(F)c2)CC1. The Bertz CT molecular complexity index is 859. The highest BCUT2D eigenvalue weighted by Gasteiger charge is 2.31. The molecule has 0 spiro atoms. The Morgan fingerprint density at radius 1 is 1.21 bits per heavy atom. The molecule has 1 saturated carbocycles. The summed E-state index contributed by atoms with van der Waals surface area (Å²) in [4.78, 5) is 16.7. The second-order valence-electron chi connectivity index (χ2n) is 8.12. The zero-order valence-electron chi connectivity index (χ0n) is 16.6. The normalized spacial score (nSPS) is 19.6. The van der Waals surface area contributed by atoms with E-state index in [9.17, 15) is 18.7 Å². The van der Waals surface area contributed by atoms with Gasteiger partial charge in [0.1, 0.15) is 11.3 Å². The Morgan fingerprint density at radius 3 is 2.59 bits per heavy atom. The van der Waals surface area contributed by atoms with E-state index in [1.165, 1.54) is 12.3 Å². The highest BCUT2D eigenvalue weighted by atomic mass is 19.2. The molecule has 156 valence electrons. The molecule has 0 bridgehead atoms. The maximum absolute atomic E-state index is 13.4. The molecule has 0 radical (unpaired) electrons. The summed E-state index contributed by atoms with van der Waals surface area (Å²) in [7, 11) is 0. The third kappa shape index (κ3) is 5.50. The molecule has 0 atom stereocenters. The molecule has 0 aliphatic heterocycles. The molecule has 3 rings (SSSR count). The van der Waals surface area contributed by atoms with Crippen LogP contribution in [0.5, 0.6) is 11.6 Å². The van der Waals surface area contributed by atoms with Gasteiger partial charge in [0, 0.05) is 18.8 Å². The minimum Gasteiger partial charge on any atom is -0.438 e. The Balaban J connectivity index is 1.60. The van der Waals surface area contributed by atoms with Crippen molar-refractivity contribution < 1.29 is 23.4 Å². The van der Waals surface area contributed by atoms with Crippen molar-refractivity contribution in [1.82, 2.24) is 10.3 Å². The smallest absolute Gasteiger partial charge is 0.256 e. The van der Waals surface area contributed by atoms with E-state index < -0.39 is 17.2 Å². The zero-order chi connectivity index (χ0) is 21.0. The first-order chi connectivity index (χ1) is 13.7. The van der Waals surface area contributed by atoms with Crippen LogP contribution in [0, 0.1) is 23.5 Å². The number of nitrogens with one attached hydrogen (secondary N) is 1. The lowest BCUT2D eigenvalue weighted by molar-refractivity contribution is -0.00575. The molecule has 1 amide bonds. The number of carbonyl (C=O) groups is 1. The summed E-state index contributed by atoms with van der Waals surface area (Å²) in [6.45, 7) is 4.21. The van der Waals surface area contributed by atoms with E-state index in [0.717, 1.165) is 37.8 Å². The third-order valence-electron chi connectivity index (χ3n) is 5.52. The fourth-order valence-electron chi connectivity index (χ4n) is 3.70. The third-order valence-corrected chi connectivity index (χ3v) is 5.52. The summed E-state index contributed by atoms with van der Waals surface area (Å²) in [5.41, 5.74) is -0.446. The Hall–Kier alpha value is -2.54. The number of hydrogen-bond acceptors (Lipinski definition) is 4. The second-order valence-corrected chi connectivity index (χ2v) is 8.12. The number of aliphatic hydroxyl groups is 1. The molecular weight excluding hydrogens is 378 g/mol. The largest absolute Gasteiger partial charge is 0.438 e. The second kappa shape index (κ2) is 8.86. The van der Waals surface area contributed by atoms with Crippen LogP contribution < -0.4 is 10.1 Å². The van der Waals surface area contributed by atoms with Gasteiger partial charge in [0.05, 0.1) is 5.60 Å². The lowest BCUT2D eigenvalue weighted by Crippen LogP contribution is -2.37. The predicted molar refractivity (Wildman–Crippen MR) is 105 cm³/mol. The van der Waals surface area contributed by atoms with Crippen molar-refractivity contribution in [3.8, 4) is 11.6 Å². The monoisotopic (exact) mass is 404 g/mol. The highest BCUT2D eigenvalue weighted by molar-refractivity contribution is 5.96. The number of amides is 1. The van der Waals surface area contributed by atoms with Gasteiger partial charge in [-0.1, -0.05) is 0 Å². The number of rotatable bonds is 6. The molecule has 7 heteroatoms. The maximum Gasteiger partial charge on any atom is 0.256 e. The van der Waals surface area contributed by atoms with Crippen molar-refractivity contribution >= 4 is 5.91 Å². The van der Waals surface area contributed by atoms with Crippen LogP contribution in [0.25, 0.3) is 0 Å². The maximum atomic E-state index is 13.4. The molecule has 5 nitrogen and oxygen atoms in total. The van der Waals surface area contributed by atoms with Gasteiger partial charge < -0.3 is 15.2 Å². The van der Waals surface area contributed by atoms with Crippen LogP contribution in [-0.4, -0.2) is 28.1 Å². The topological polar surface area (TPSA) is 71.5 Å². The summed E-state index contributed by atoms with van der Waals surface area (Å²) < 4.78 is 32.0. The summed E-state index contributed by atoms with van der Waals surface area (Å²) in [5.74, 6) is -1.63. The fraction of sp³-hybridized carbons (Fsp3) is 0.455. The lowest BCUT2D eigenvalue weighted by atomic mass is 9.75. The fourth-order valence-corrected chi connectivity index (χ4v) is 3.70. The summed E-state index contributed by atoms with van der Waals surface area (Å²) >= 11 is 0. The lowest BCUT2D eigenvalue weighted by Gasteiger charge is -2.35. The molecule has 1 fully saturated rings. The molecular formula is C22H26F2N2O3. The first kappa shape index (κ1) is 21.2. The van der Waals surface area contributed by atoms with Crippen molar-refractivity contribution in [2.45, 2.75) is 45.1 Å². The van der Waals surface area contributed by atoms with E-state index in [2.05, 4.69) is 10.3 Å². The van der Waals surface area contributed by atoms with Gasteiger partial charge in [-0.3, -0.25) is 4.79 Å². The quantitative estimate of drug-likeness (QED) is 0.746. The zero-order valence-corrected chi connectivity index (χ0v) is 16.6. The van der Waals surface area contributed by atoms with E-state index in [-0.39, 0.29) is 29.0 Å². The van der Waals surface area contributed by atoms with Gasteiger partial charge in [-0.2, -0.15) is 0 Å². The highest BCUT2D eigenvalue weighted by Crippen LogP contribution is 2.35. The molecule has 2 N–H and O–H groups in total. The molecule has 1 heterocycles. The molecule has 0 saturated heterocycles. The van der Waals surface area contributed by atoms with Gasteiger partial charge in [0.15, 0.2) is 11.6 Å². The first-order valence-electron chi connectivity index (χ1n) is 9.82. The number of ether oxygens (including phenoxy) is 1. The van der Waals surface area contributed by atoms with Crippen LogP contribution in [-0.2, 0) is 0 Å². The number of hydrogen-bond donors (Lipinski definition) is 2. The van der Waals surface area contributed by atoms with Crippen molar-refractivity contribution in [1.29, 1.82) is 0 Å². The summed E-state index contributed by atoms with van der Waals surface area (Å²) in [6, 6.07) is 6.32. The molecule has 1 aliphatic carbocycles. The Labute approximate surface area is 169 Å². The van der Waals surface area contributed by atoms with Gasteiger partial charge in [-0.05, 0) is 75.6 Å². The van der Waals surface area contributed by atoms with Gasteiger partial charge >= 0.3 is 0 Å². The van der Waals surface area contributed by atoms with E-state index in [0.29, 0.717) is 12.5 Å². The average molecular weight is 404 g/mol. The van der Waals surface area contributed by atoms with Crippen molar-refractivity contribution in [2.75, 3.05) is 6.54 Å². The van der Waals surface area contributed by atoms with Gasteiger partial charge in [0.2, 0.25) is 5.88 Å². The molecule has 2 aromatic rings. The molecule has 0 unspecified atom stereocenters. The minimum atomic E-state index is -1.04. The van der Waals surface area contributed by atoms with Crippen molar-refractivity contribution in [3.63, 3.8) is 0 Å². The number of halogens is 2. The summed E-state index contributed by atoms with van der Waals surface area (Å²) in [5, 5.41) is 13.1. The van der Waals surface area contributed by atoms with Crippen LogP contribution in [0.15, 0.2) is 36.5 Å². The van der Waals surface area contributed by atoms with Crippen LogP contribution in [0.3, 0.4) is 0 Å². The van der Waals surface area contributed by atoms with Crippen LogP contribution in [0.1, 0.15) is 49.9 Å². The van der Waals surface area contributed by atoms with Gasteiger partial charge in [-0.25, -0.2) is 13.8 Å². The number of benzene rings is 1. The van der Waals surface area contributed by atoms with E-state index in [4.69, 9.17) is 4.74 Å².